The smallest absolute Gasteiger partial charge is 0.236 e. The second kappa shape index (κ2) is 6.12. The topological polar surface area (TPSA) is 77.0 Å². The third-order valence-electron chi connectivity index (χ3n) is 4.71. The summed E-state index contributed by atoms with van der Waals surface area (Å²) in [5.41, 5.74) is 2.59. The molecule has 2 heterocycles. The minimum atomic E-state index is -0.228. The number of nitrogen functional groups attached to an aromatic ring is 1. The van der Waals surface area contributed by atoms with E-state index in [-0.39, 0.29) is 11.2 Å². The summed E-state index contributed by atoms with van der Waals surface area (Å²) in [7, 11) is 0. The van der Waals surface area contributed by atoms with Crippen molar-refractivity contribution in [3.05, 3.63) is 41.2 Å². The Kier molecular flexibility index (Phi) is 3.96. The number of aromatic nitrogens is 3. The first-order valence-corrected chi connectivity index (χ1v) is 9.24. The molecule has 1 aromatic heterocycles. The summed E-state index contributed by atoms with van der Waals surface area (Å²) < 4.78 is 1.55. The number of fused-ring (bicyclic) bond motifs is 1. The van der Waals surface area contributed by atoms with Gasteiger partial charge in [-0.25, -0.2) is 4.68 Å². The van der Waals surface area contributed by atoms with Crippen LogP contribution in [0.1, 0.15) is 42.6 Å². The predicted molar refractivity (Wildman–Crippen MR) is 93.0 cm³/mol. The van der Waals surface area contributed by atoms with Gasteiger partial charge < -0.3 is 10.7 Å². The molecule has 0 bridgehead atoms. The average molecular weight is 343 g/mol. The van der Waals surface area contributed by atoms with Gasteiger partial charge in [-0.3, -0.25) is 4.79 Å². The van der Waals surface area contributed by atoms with Crippen molar-refractivity contribution >= 4 is 17.7 Å². The van der Waals surface area contributed by atoms with E-state index < -0.39 is 0 Å². The summed E-state index contributed by atoms with van der Waals surface area (Å²) in [5.74, 6) is 7.49. The first kappa shape index (κ1) is 15.5. The molecule has 2 aliphatic rings. The molecule has 2 N–H and O–H groups in total. The first-order valence-electron chi connectivity index (χ1n) is 8.36. The Balaban J connectivity index is 1.43. The minimum absolute atomic E-state index is 0.130. The van der Waals surface area contributed by atoms with Gasteiger partial charge in [-0.15, -0.1) is 10.2 Å². The van der Waals surface area contributed by atoms with Crippen LogP contribution in [0.25, 0.3) is 0 Å². The molecule has 0 spiro atoms. The molecule has 126 valence electrons. The number of nitrogens with zero attached hydrogens (tertiary/aromatic N) is 4. The van der Waals surface area contributed by atoms with Crippen LogP contribution in [0, 0.1) is 0 Å². The zero-order valence-electron chi connectivity index (χ0n) is 13.7. The number of rotatable bonds is 4. The molecule has 1 aliphatic heterocycles. The van der Waals surface area contributed by atoms with Crippen LogP contribution in [0.5, 0.6) is 0 Å². The lowest BCUT2D eigenvalue weighted by atomic mass is 10.00. The van der Waals surface area contributed by atoms with E-state index in [1.165, 1.54) is 22.9 Å². The minimum Gasteiger partial charge on any atom is -0.337 e. The van der Waals surface area contributed by atoms with E-state index in [1.54, 1.807) is 4.68 Å². The fraction of sp³-hybridized carbons (Fsp3) is 0.471. The molecule has 0 unspecified atom stereocenters. The van der Waals surface area contributed by atoms with Gasteiger partial charge in [0.05, 0.1) is 5.25 Å². The summed E-state index contributed by atoms with van der Waals surface area (Å²) in [6.07, 6.45) is 3.17. The van der Waals surface area contributed by atoms with Crippen LogP contribution in [0.3, 0.4) is 0 Å². The molecule has 2 aromatic rings. The number of amides is 1. The maximum atomic E-state index is 12.8. The van der Waals surface area contributed by atoms with Gasteiger partial charge in [0, 0.05) is 19.0 Å². The third-order valence-corrected chi connectivity index (χ3v) is 5.75. The molecule has 1 aromatic carbocycles. The molecule has 0 radical (unpaired) electrons. The zero-order valence-corrected chi connectivity index (χ0v) is 14.5. The van der Waals surface area contributed by atoms with Gasteiger partial charge in [-0.2, -0.15) is 0 Å². The van der Waals surface area contributed by atoms with Gasteiger partial charge in [0.25, 0.3) is 0 Å². The molecule has 6 nitrogen and oxygen atoms in total. The number of carbonyl (C=O) groups is 1. The largest absolute Gasteiger partial charge is 0.337 e. The van der Waals surface area contributed by atoms with Crippen molar-refractivity contribution in [2.75, 3.05) is 12.4 Å². The van der Waals surface area contributed by atoms with E-state index in [2.05, 4.69) is 28.4 Å². The SMILES string of the molecule is C[C@H](Sc1nnc(C2CC2)n1N)C(=O)N1CCc2ccccc2C1. The third kappa shape index (κ3) is 2.88. The maximum Gasteiger partial charge on any atom is 0.236 e. The van der Waals surface area contributed by atoms with E-state index in [9.17, 15) is 4.79 Å². The molecular weight excluding hydrogens is 322 g/mol. The molecule has 1 atom stereocenters. The molecule has 24 heavy (non-hydrogen) atoms. The lowest BCUT2D eigenvalue weighted by molar-refractivity contribution is -0.131. The van der Waals surface area contributed by atoms with E-state index in [0.717, 1.165) is 31.6 Å². The fourth-order valence-electron chi connectivity index (χ4n) is 3.14. The van der Waals surface area contributed by atoms with Gasteiger partial charge in [0.15, 0.2) is 5.82 Å². The molecule has 1 saturated carbocycles. The zero-order chi connectivity index (χ0) is 16.7. The van der Waals surface area contributed by atoms with Crippen LogP contribution >= 0.6 is 11.8 Å². The molecule has 1 fully saturated rings. The fourth-order valence-corrected chi connectivity index (χ4v) is 4.00. The van der Waals surface area contributed by atoms with E-state index in [1.807, 2.05) is 17.9 Å². The van der Waals surface area contributed by atoms with Crippen molar-refractivity contribution in [1.82, 2.24) is 19.8 Å². The summed E-state index contributed by atoms with van der Waals surface area (Å²) in [6.45, 7) is 3.37. The summed E-state index contributed by atoms with van der Waals surface area (Å²) >= 11 is 1.39. The van der Waals surface area contributed by atoms with Crippen LogP contribution in [-0.4, -0.2) is 37.5 Å². The quantitative estimate of drug-likeness (QED) is 0.678. The molecular formula is C17H21N5OS. The van der Waals surface area contributed by atoms with Gasteiger partial charge in [0.1, 0.15) is 0 Å². The lowest BCUT2D eigenvalue weighted by Crippen LogP contribution is -2.40. The molecule has 1 aliphatic carbocycles. The predicted octanol–water partition coefficient (Wildman–Crippen LogP) is 1.93. The standard InChI is InChI=1S/C17H21N5OS/c1-11(24-17-20-19-15(22(17)18)13-6-7-13)16(23)21-9-8-12-4-2-3-5-14(12)10-21/h2-5,11,13H,6-10,18H2,1H3/t11-/m0/s1. The van der Waals surface area contributed by atoms with E-state index in [0.29, 0.717) is 17.6 Å². The summed E-state index contributed by atoms with van der Waals surface area (Å²) in [5, 5.41) is 8.73. The lowest BCUT2D eigenvalue weighted by Gasteiger charge is -2.30. The van der Waals surface area contributed by atoms with Crippen molar-refractivity contribution in [3.63, 3.8) is 0 Å². The molecule has 7 heteroatoms. The Morgan fingerprint density at radius 3 is 2.79 bits per heavy atom. The number of hydrogen-bond donors (Lipinski definition) is 1. The summed E-state index contributed by atoms with van der Waals surface area (Å²) in [4.78, 5) is 14.7. The van der Waals surface area contributed by atoms with Crippen molar-refractivity contribution in [2.24, 2.45) is 0 Å². The highest BCUT2D eigenvalue weighted by atomic mass is 32.2. The number of nitrogens with two attached hydrogens (primary N) is 1. The van der Waals surface area contributed by atoms with Crippen LogP contribution in [0.15, 0.2) is 29.4 Å². The highest BCUT2D eigenvalue weighted by Crippen LogP contribution is 2.39. The molecule has 1 amide bonds. The molecule has 4 rings (SSSR count). The van der Waals surface area contributed by atoms with Crippen molar-refractivity contribution in [1.29, 1.82) is 0 Å². The van der Waals surface area contributed by atoms with Gasteiger partial charge in [-0.05, 0) is 37.3 Å². The Labute approximate surface area is 145 Å². The average Bonchev–Trinajstić information content (AvgIpc) is 3.39. The monoisotopic (exact) mass is 343 g/mol. The van der Waals surface area contributed by atoms with Crippen LogP contribution in [0.4, 0.5) is 0 Å². The van der Waals surface area contributed by atoms with Gasteiger partial charge in [-0.1, -0.05) is 36.0 Å². The Hall–Kier alpha value is -2.02. The normalized spacial score (nSPS) is 18.3. The van der Waals surface area contributed by atoms with Gasteiger partial charge >= 0.3 is 0 Å². The van der Waals surface area contributed by atoms with E-state index >= 15 is 0 Å². The summed E-state index contributed by atoms with van der Waals surface area (Å²) in [6, 6.07) is 8.33. The molecule has 0 saturated heterocycles. The number of benzene rings is 1. The Bertz CT molecular complexity index is 770. The Morgan fingerprint density at radius 1 is 1.29 bits per heavy atom. The van der Waals surface area contributed by atoms with Crippen LogP contribution in [-0.2, 0) is 17.8 Å². The Morgan fingerprint density at radius 2 is 2.04 bits per heavy atom. The van der Waals surface area contributed by atoms with Crippen molar-refractivity contribution < 1.29 is 4.79 Å². The van der Waals surface area contributed by atoms with E-state index in [4.69, 9.17) is 5.84 Å². The highest BCUT2D eigenvalue weighted by molar-refractivity contribution is 8.00. The van der Waals surface area contributed by atoms with Gasteiger partial charge in [0.2, 0.25) is 11.1 Å². The maximum absolute atomic E-state index is 12.8. The second-order valence-electron chi connectivity index (χ2n) is 6.52. The number of hydrogen-bond acceptors (Lipinski definition) is 5. The highest BCUT2D eigenvalue weighted by Gasteiger charge is 2.31. The van der Waals surface area contributed by atoms with Crippen molar-refractivity contribution in [2.45, 2.75) is 49.1 Å². The number of carbonyl (C=O) groups excluding carboxylic acids is 1. The van der Waals surface area contributed by atoms with Crippen LogP contribution in [0.2, 0.25) is 0 Å². The van der Waals surface area contributed by atoms with Crippen molar-refractivity contribution in [3.8, 4) is 0 Å². The second-order valence-corrected chi connectivity index (χ2v) is 7.83. The first-order chi connectivity index (χ1) is 11.6. The number of thioether (sulfide) groups is 1. The van der Waals surface area contributed by atoms with Crippen LogP contribution < -0.4 is 5.84 Å².